The SMILES string of the molecule is Cc1cc2cc(CC(C)C)cc3c2c(c1C)-c1c(c(CC(C)C)cc[n+]1C)O3. The number of pyridine rings is 1. The van der Waals surface area contributed by atoms with Crippen LogP contribution in [-0.4, -0.2) is 0 Å². The molecule has 0 saturated carbocycles. The Morgan fingerprint density at radius 1 is 0.964 bits per heavy atom. The quantitative estimate of drug-likeness (QED) is 0.374. The van der Waals surface area contributed by atoms with Crippen molar-refractivity contribution in [3.63, 3.8) is 0 Å². The maximum absolute atomic E-state index is 6.66. The van der Waals surface area contributed by atoms with Crippen LogP contribution < -0.4 is 9.30 Å². The Morgan fingerprint density at radius 3 is 2.36 bits per heavy atom. The molecule has 146 valence electrons. The van der Waals surface area contributed by atoms with Crippen LogP contribution in [0.3, 0.4) is 0 Å². The molecule has 1 aromatic heterocycles. The summed E-state index contributed by atoms with van der Waals surface area (Å²) in [5.41, 5.74) is 7.92. The molecule has 2 nitrogen and oxygen atoms in total. The topological polar surface area (TPSA) is 13.1 Å². The normalized spacial score (nSPS) is 12.6. The molecule has 2 aromatic carbocycles. The molecule has 2 heterocycles. The van der Waals surface area contributed by atoms with E-state index in [0.717, 1.165) is 24.3 Å². The molecule has 0 radical (unpaired) electrons. The molecule has 0 fully saturated rings. The van der Waals surface area contributed by atoms with E-state index in [1.807, 2.05) is 0 Å². The van der Waals surface area contributed by atoms with Gasteiger partial charge in [-0.3, -0.25) is 0 Å². The monoisotopic (exact) mass is 374 g/mol. The third-order valence-corrected chi connectivity index (χ3v) is 5.86. The molecule has 3 aromatic rings. The lowest BCUT2D eigenvalue weighted by atomic mass is 9.87. The first-order valence-corrected chi connectivity index (χ1v) is 10.5. The van der Waals surface area contributed by atoms with Crippen LogP contribution in [0.4, 0.5) is 0 Å². The van der Waals surface area contributed by atoms with Crippen molar-refractivity contribution in [1.29, 1.82) is 0 Å². The van der Waals surface area contributed by atoms with Crippen molar-refractivity contribution in [2.45, 2.75) is 54.4 Å². The molecule has 2 heteroatoms. The van der Waals surface area contributed by atoms with E-state index in [-0.39, 0.29) is 0 Å². The predicted octanol–water partition coefficient (Wildman–Crippen LogP) is 6.45. The summed E-state index contributed by atoms with van der Waals surface area (Å²) in [4.78, 5) is 0. The number of hydrogen-bond acceptors (Lipinski definition) is 1. The summed E-state index contributed by atoms with van der Waals surface area (Å²) < 4.78 is 8.89. The highest BCUT2D eigenvalue weighted by Gasteiger charge is 2.32. The second kappa shape index (κ2) is 6.92. The summed E-state index contributed by atoms with van der Waals surface area (Å²) in [6, 6.07) is 9.19. The molecule has 0 atom stereocenters. The highest BCUT2D eigenvalue weighted by Crippen LogP contribution is 2.49. The van der Waals surface area contributed by atoms with Gasteiger partial charge in [-0.1, -0.05) is 39.8 Å². The Labute approximate surface area is 169 Å². The van der Waals surface area contributed by atoms with Gasteiger partial charge in [0.1, 0.15) is 12.8 Å². The van der Waals surface area contributed by atoms with Gasteiger partial charge in [-0.2, -0.15) is 4.57 Å². The Hall–Kier alpha value is -2.35. The number of aromatic nitrogens is 1. The van der Waals surface area contributed by atoms with E-state index in [1.165, 1.54) is 44.3 Å². The lowest BCUT2D eigenvalue weighted by Crippen LogP contribution is -2.32. The molecular weight excluding hydrogens is 342 g/mol. The molecule has 1 aliphatic heterocycles. The first kappa shape index (κ1) is 19.0. The molecular formula is C26H32NO+. The van der Waals surface area contributed by atoms with Crippen LogP contribution in [0.2, 0.25) is 0 Å². The van der Waals surface area contributed by atoms with E-state index in [2.05, 4.69) is 83.6 Å². The Kier molecular flexibility index (Phi) is 4.69. The highest BCUT2D eigenvalue weighted by atomic mass is 16.5. The molecule has 0 aliphatic carbocycles. The highest BCUT2D eigenvalue weighted by molar-refractivity contribution is 6.05. The van der Waals surface area contributed by atoms with Crippen molar-refractivity contribution in [3.05, 3.63) is 52.7 Å². The van der Waals surface area contributed by atoms with Crippen molar-refractivity contribution in [1.82, 2.24) is 0 Å². The maximum Gasteiger partial charge on any atom is 0.256 e. The van der Waals surface area contributed by atoms with E-state index in [4.69, 9.17) is 4.74 Å². The molecule has 0 bridgehead atoms. The number of benzene rings is 2. The maximum atomic E-state index is 6.66. The summed E-state index contributed by atoms with van der Waals surface area (Å²) in [5, 5.41) is 2.56. The van der Waals surface area contributed by atoms with Crippen LogP contribution in [0.25, 0.3) is 22.0 Å². The zero-order valence-electron chi connectivity index (χ0n) is 18.3. The third-order valence-electron chi connectivity index (χ3n) is 5.86. The van der Waals surface area contributed by atoms with E-state index in [1.54, 1.807) is 0 Å². The smallest absolute Gasteiger partial charge is 0.256 e. The van der Waals surface area contributed by atoms with Gasteiger partial charge in [0, 0.05) is 17.0 Å². The van der Waals surface area contributed by atoms with Gasteiger partial charge < -0.3 is 4.74 Å². The molecule has 1 aliphatic rings. The summed E-state index contributed by atoms with van der Waals surface area (Å²) in [6.07, 6.45) is 4.28. The lowest BCUT2D eigenvalue weighted by Gasteiger charge is -2.24. The van der Waals surface area contributed by atoms with Gasteiger partial charge in [-0.05, 0) is 66.7 Å². The van der Waals surface area contributed by atoms with Gasteiger partial charge in [0.15, 0.2) is 6.20 Å². The molecule has 0 amide bonds. The number of fused-ring (bicyclic) bond motifs is 2. The largest absolute Gasteiger partial charge is 0.449 e. The van der Waals surface area contributed by atoms with Crippen LogP contribution >= 0.6 is 0 Å². The van der Waals surface area contributed by atoms with E-state index >= 15 is 0 Å². The van der Waals surface area contributed by atoms with Crippen LogP contribution in [0.15, 0.2) is 30.5 Å². The molecule has 28 heavy (non-hydrogen) atoms. The van der Waals surface area contributed by atoms with E-state index in [9.17, 15) is 0 Å². The van der Waals surface area contributed by atoms with Gasteiger partial charge >= 0.3 is 0 Å². The standard InChI is InChI=1S/C26H32NO/c1-15(2)10-19-13-21-12-17(5)18(6)23-24(21)22(14-19)28-26-20(11-16(3)4)8-9-27(7)25(23)26/h8-9,12-16H,10-11H2,1-7H3/q+1. The van der Waals surface area contributed by atoms with Gasteiger partial charge in [0.2, 0.25) is 5.75 Å². The zero-order chi connectivity index (χ0) is 20.2. The minimum Gasteiger partial charge on any atom is -0.449 e. The molecule has 0 saturated heterocycles. The van der Waals surface area contributed by atoms with Gasteiger partial charge in [0.25, 0.3) is 5.69 Å². The Morgan fingerprint density at radius 2 is 1.68 bits per heavy atom. The van der Waals surface area contributed by atoms with Crippen LogP contribution in [0.5, 0.6) is 11.5 Å². The number of aryl methyl sites for hydroxylation is 2. The second-order valence-electron chi connectivity index (χ2n) is 9.31. The molecule has 0 unspecified atom stereocenters. The summed E-state index contributed by atoms with van der Waals surface area (Å²) >= 11 is 0. The predicted molar refractivity (Wildman–Crippen MR) is 117 cm³/mol. The fourth-order valence-electron chi connectivity index (χ4n) is 4.55. The summed E-state index contributed by atoms with van der Waals surface area (Å²) in [6.45, 7) is 13.6. The van der Waals surface area contributed by atoms with Crippen molar-refractivity contribution in [2.75, 3.05) is 0 Å². The number of rotatable bonds is 4. The van der Waals surface area contributed by atoms with Crippen LogP contribution in [0, 0.1) is 25.7 Å². The Balaban J connectivity index is 2.06. The van der Waals surface area contributed by atoms with E-state index < -0.39 is 0 Å². The first-order chi connectivity index (χ1) is 13.3. The number of ether oxygens (including phenoxy) is 1. The number of hydrogen-bond donors (Lipinski definition) is 0. The Bertz CT molecular complexity index is 1080. The third kappa shape index (κ3) is 3.09. The average Bonchev–Trinajstić information content (AvgIpc) is 2.60. The van der Waals surface area contributed by atoms with Crippen LogP contribution in [0.1, 0.15) is 49.9 Å². The zero-order valence-corrected chi connectivity index (χ0v) is 18.3. The van der Waals surface area contributed by atoms with Crippen molar-refractivity contribution >= 4 is 10.8 Å². The molecule has 4 rings (SSSR count). The minimum atomic E-state index is 0.590. The van der Waals surface area contributed by atoms with Crippen molar-refractivity contribution < 1.29 is 9.30 Å². The molecule has 0 N–H and O–H groups in total. The van der Waals surface area contributed by atoms with Crippen molar-refractivity contribution in [2.24, 2.45) is 18.9 Å². The number of nitrogens with zero attached hydrogens (tertiary/aromatic N) is 1. The summed E-state index contributed by atoms with van der Waals surface area (Å²) in [7, 11) is 2.13. The first-order valence-electron chi connectivity index (χ1n) is 10.5. The molecule has 0 spiro atoms. The fourth-order valence-corrected chi connectivity index (χ4v) is 4.55. The minimum absolute atomic E-state index is 0.590. The van der Waals surface area contributed by atoms with Crippen molar-refractivity contribution in [3.8, 4) is 22.8 Å². The lowest BCUT2D eigenvalue weighted by molar-refractivity contribution is -0.660. The second-order valence-corrected chi connectivity index (χ2v) is 9.31. The summed E-state index contributed by atoms with van der Waals surface area (Å²) in [5.74, 6) is 3.28. The fraction of sp³-hybridized carbons (Fsp3) is 0.423. The van der Waals surface area contributed by atoms with E-state index in [0.29, 0.717) is 11.8 Å². The van der Waals surface area contributed by atoms with Crippen LogP contribution in [-0.2, 0) is 19.9 Å². The van der Waals surface area contributed by atoms with Gasteiger partial charge in [0.05, 0.1) is 5.56 Å². The average molecular weight is 375 g/mol. The van der Waals surface area contributed by atoms with Gasteiger partial charge in [-0.25, -0.2) is 0 Å². The van der Waals surface area contributed by atoms with Gasteiger partial charge in [-0.15, -0.1) is 0 Å².